The summed E-state index contributed by atoms with van der Waals surface area (Å²) in [7, 11) is 0. The molecule has 3 rings (SSSR count). The number of allylic oxidation sites excluding steroid dienone is 8. The Balaban J connectivity index is 1.31. The van der Waals surface area contributed by atoms with Crippen molar-refractivity contribution in [2.45, 2.75) is 497 Å². The molecule has 0 bridgehead atoms. The van der Waals surface area contributed by atoms with Crippen molar-refractivity contribution in [3.63, 3.8) is 0 Å². The van der Waals surface area contributed by atoms with E-state index in [4.69, 9.17) is 28.4 Å². The van der Waals surface area contributed by atoms with Crippen molar-refractivity contribution >= 4 is 5.91 Å². The molecule has 0 aromatic rings. The summed E-state index contributed by atoms with van der Waals surface area (Å²) in [6, 6.07) is -0.889. The molecule has 1 amide bonds. The van der Waals surface area contributed by atoms with Crippen LogP contribution in [0.4, 0.5) is 0 Å². The second kappa shape index (κ2) is 70.9. The zero-order chi connectivity index (χ0) is 79.5. The molecule has 19 heteroatoms. The predicted octanol–water partition coefficient (Wildman–Crippen LogP) is 17.6. The first-order chi connectivity index (χ1) is 53.8. The van der Waals surface area contributed by atoms with Gasteiger partial charge in [-0.1, -0.05) is 383 Å². The Morgan fingerprint density at radius 1 is 0.336 bits per heavy atom. The van der Waals surface area contributed by atoms with Crippen LogP contribution < -0.4 is 5.32 Å². The molecule has 3 aliphatic heterocycles. The van der Waals surface area contributed by atoms with E-state index in [0.717, 1.165) is 70.6 Å². The highest BCUT2D eigenvalue weighted by Crippen LogP contribution is 2.34. The molecule has 0 radical (unpaired) electrons. The van der Waals surface area contributed by atoms with Crippen LogP contribution in [-0.2, 0) is 33.2 Å². The highest BCUT2D eigenvalue weighted by atomic mass is 16.8. The van der Waals surface area contributed by atoms with Crippen LogP contribution in [0, 0.1) is 0 Å². The number of carbonyl (C=O) groups excluding carboxylic acids is 1. The third-order valence-electron chi connectivity index (χ3n) is 22.9. The van der Waals surface area contributed by atoms with Crippen molar-refractivity contribution < 1.29 is 89.4 Å². The van der Waals surface area contributed by atoms with Gasteiger partial charge in [-0.2, -0.15) is 0 Å². The number of amides is 1. The van der Waals surface area contributed by atoms with Crippen molar-refractivity contribution in [3.05, 3.63) is 48.6 Å². The molecule has 0 spiro atoms. The van der Waals surface area contributed by atoms with Crippen molar-refractivity contribution in [1.29, 1.82) is 0 Å². The molecule has 3 saturated heterocycles. The maximum Gasteiger partial charge on any atom is 0.220 e. The molecule has 646 valence electrons. The number of rotatable bonds is 75. The number of carbonyl (C=O) groups is 1. The first-order valence-electron chi connectivity index (χ1n) is 45.9. The average Bonchev–Trinajstić information content (AvgIpc) is 0.780. The average molecular weight is 1570 g/mol. The van der Waals surface area contributed by atoms with E-state index >= 15 is 0 Å². The first-order valence-corrected chi connectivity index (χ1v) is 45.9. The van der Waals surface area contributed by atoms with Gasteiger partial charge in [0.25, 0.3) is 0 Å². The van der Waals surface area contributed by atoms with E-state index in [1.807, 2.05) is 0 Å². The van der Waals surface area contributed by atoms with Gasteiger partial charge >= 0.3 is 0 Å². The van der Waals surface area contributed by atoms with Gasteiger partial charge in [0.15, 0.2) is 18.9 Å². The lowest BCUT2D eigenvalue weighted by Crippen LogP contribution is -2.66. The number of hydrogen-bond donors (Lipinski definition) is 12. The topological polar surface area (TPSA) is 307 Å². The maximum atomic E-state index is 13.6. The minimum Gasteiger partial charge on any atom is -0.394 e. The quantitative estimate of drug-likeness (QED) is 0.0199. The van der Waals surface area contributed by atoms with E-state index in [0.29, 0.717) is 12.8 Å². The van der Waals surface area contributed by atoms with Crippen molar-refractivity contribution in [2.24, 2.45) is 0 Å². The minimum absolute atomic E-state index is 0.235. The zero-order valence-electron chi connectivity index (χ0n) is 69.8. The zero-order valence-corrected chi connectivity index (χ0v) is 69.8. The highest BCUT2D eigenvalue weighted by Gasteiger charge is 2.54. The fourth-order valence-corrected chi connectivity index (χ4v) is 15.7. The van der Waals surface area contributed by atoms with E-state index in [-0.39, 0.29) is 18.9 Å². The Hall–Kier alpha value is -2.25. The predicted molar refractivity (Wildman–Crippen MR) is 443 cm³/mol. The van der Waals surface area contributed by atoms with Gasteiger partial charge in [0.1, 0.15) is 73.2 Å². The molecule has 0 saturated carbocycles. The molecule has 3 heterocycles. The van der Waals surface area contributed by atoms with Crippen molar-refractivity contribution in [1.82, 2.24) is 5.32 Å². The molecule has 3 fully saturated rings. The summed E-state index contributed by atoms with van der Waals surface area (Å²) in [5.74, 6) is -0.235. The summed E-state index contributed by atoms with van der Waals surface area (Å²) in [5.41, 5.74) is 0. The van der Waals surface area contributed by atoms with Gasteiger partial charge in [-0.05, 0) is 51.4 Å². The Morgan fingerprint density at radius 3 is 0.982 bits per heavy atom. The van der Waals surface area contributed by atoms with Crippen LogP contribution in [-0.4, -0.2) is 193 Å². The summed E-state index contributed by atoms with van der Waals surface area (Å²) in [6.45, 7) is 1.76. The second-order valence-corrected chi connectivity index (χ2v) is 32.7. The number of nitrogens with one attached hydrogen (secondary N) is 1. The smallest absolute Gasteiger partial charge is 0.220 e. The van der Waals surface area contributed by atoms with Gasteiger partial charge in [0.2, 0.25) is 5.91 Å². The SMILES string of the molecule is CC/C=C\C/C=C\C/C=C\C/C=C\CCCCCCCCCCCCCCCCCCCCCCC(=O)NC(COC1OC(CO)C(OC2OC(CO)C(OC3OC(CO)C(O)C(O)C3O)C(O)C2O)C(O)C1O)C(O)CCCCCCCCCCCCCCCCCCCCCCCCCCCCCCCCCC. The van der Waals surface area contributed by atoms with Crippen LogP contribution in [0.15, 0.2) is 48.6 Å². The van der Waals surface area contributed by atoms with Gasteiger partial charge < -0.3 is 89.9 Å². The van der Waals surface area contributed by atoms with Crippen LogP contribution in [0.3, 0.4) is 0 Å². The van der Waals surface area contributed by atoms with Gasteiger partial charge in [0.05, 0.1) is 38.6 Å². The molecule has 12 N–H and O–H groups in total. The summed E-state index contributed by atoms with van der Waals surface area (Å²) >= 11 is 0. The molecule has 17 atom stereocenters. The molecule has 0 aromatic carbocycles. The molecule has 19 nitrogen and oxygen atoms in total. The van der Waals surface area contributed by atoms with E-state index in [1.165, 1.54) is 289 Å². The van der Waals surface area contributed by atoms with Crippen LogP contribution in [0.5, 0.6) is 0 Å². The normalized spacial score (nSPS) is 25.3. The lowest BCUT2D eigenvalue weighted by Gasteiger charge is -2.48. The first kappa shape index (κ1) is 102. The van der Waals surface area contributed by atoms with Crippen LogP contribution in [0.2, 0.25) is 0 Å². The Labute approximate surface area is 669 Å². The molecule has 3 aliphatic rings. The largest absolute Gasteiger partial charge is 0.394 e. The summed E-state index contributed by atoms with van der Waals surface area (Å²) in [6.07, 6.45) is 65.1. The third-order valence-corrected chi connectivity index (χ3v) is 22.9. The number of unbranched alkanes of at least 4 members (excludes halogenated alkanes) is 51. The van der Waals surface area contributed by atoms with Gasteiger partial charge in [0, 0.05) is 6.42 Å². The Kier molecular flexibility index (Phi) is 65.7. The summed E-state index contributed by atoms with van der Waals surface area (Å²) in [4.78, 5) is 13.6. The van der Waals surface area contributed by atoms with Crippen LogP contribution >= 0.6 is 0 Å². The lowest BCUT2D eigenvalue weighted by atomic mass is 9.96. The number of hydrogen-bond acceptors (Lipinski definition) is 18. The van der Waals surface area contributed by atoms with E-state index in [1.54, 1.807) is 0 Å². The van der Waals surface area contributed by atoms with Gasteiger partial charge in [-0.25, -0.2) is 0 Å². The number of aliphatic hydroxyl groups excluding tert-OH is 11. The third kappa shape index (κ3) is 49.1. The molecular weight excluding hydrogens is 1390 g/mol. The van der Waals surface area contributed by atoms with E-state index in [2.05, 4.69) is 67.8 Å². The van der Waals surface area contributed by atoms with Crippen molar-refractivity contribution in [3.8, 4) is 0 Å². The van der Waals surface area contributed by atoms with Gasteiger partial charge in [-0.15, -0.1) is 0 Å². The standard InChI is InChI=1S/C91H169NO18/c1-3-5-7-9-11-13-15-17-19-21-23-25-27-29-31-33-35-37-39-41-43-45-47-49-51-53-55-57-59-61-63-65-67-69-79(97)92-74(75(96)68-66-64-62-60-58-56-54-52-50-48-46-44-42-40-38-36-34-32-30-28-26-24-22-20-18-16-14-12-10-8-6-4-2)73-105-89-85(103)82(100)87(77(71-94)107-89)110-91-86(104)83(101)88(78(72-95)108-91)109-90-84(102)81(99)80(98)76(70-93)106-90/h5,7,11,13,17,19,23,25,74-78,80-91,93-96,98-104H,3-4,6,8-10,12,14-16,18,20-22,24,26-73H2,1-2H3,(H,92,97)/b7-5-,13-11-,19-17-,25-23-. The summed E-state index contributed by atoms with van der Waals surface area (Å²) < 4.78 is 34.6. The minimum atomic E-state index is -1.97. The monoisotopic (exact) mass is 1560 g/mol. The maximum absolute atomic E-state index is 13.6. The Morgan fingerprint density at radius 2 is 0.627 bits per heavy atom. The Bertz CT molecular complexity index is 2170. The fraction of sp³-hybridized carbons (Fsp3) is 0.901. The highest BCUT2D eigenvalue weighted by molar-refractivity contribution is 5.76. The molecular formula is C91H169NO18. The number of ether oxygens (including phenoxy) is 6. The van der Waals surface area contributed by atoms with E-state index in [9.17, 15) is 61.0 Å². The van der Waals surface area contributed by atoms with Gasteiger partial charge in [-0.3, -0.25) is 4.79 Å². The van der Waals surface area contributed by atoms with Crippen molar-refractivity contribution in [2.75, 3.05) is 26.4 Å². The second-order valence-electron chi connectivity index (χ2n) is 32.7. The molecule has 17 unspecified atom stereocenters. The molecule has 0 aliphatic carbocycles. The molecule has 0 aromatic heterocycles. The number of aliphatic hydroxyl groups is 11. The lowest BCUT2D eigenvalue weighted by molar-refractivity contribution is -0.379. The van der Waals surface area contributed by atoms with Crippen LogP contribution in [0.25, 0.3) is 0 Å². The van der Waals surface area contributed by atoms with E-state index < -0.39 is 124 Å². The fourth-order valence-electron chi connectivity index (χ4n) is 15.7. The molecule has 110 heavy (non-hydrogen) atoms. The van der Waals surface area contributed by atoms with Crippen LogP contribution in [0.1, 0.15) is 393 Å². The summed E-state index contributed by atoms with van der Waals surface area (Å²) in [5, 5.41) is 121.